The van der Waals surface area contributed by atoms with Crippen LogP contribution in [0.25, 0.3) is 44.3 Å². The number of rotatable bonds is 3. The number of aromatic amines is 1. The summed E-state index contributed by atoms with van der Waals surface area (Å²) in [7, 11) is 3.93. The van der Waals surface area contributed by atoms with Gasteiger partial charge in [0.05, 0.1) is 23.6 Å². The van der Waals surface area contributed by atoms with Gasteiger partial charge >= 0.3 is 12.1 Å². The second-order valence-corrected chi connectivity index (χ2v) is 7.93. The molecule has 0 amide bonds. The predicted molar refractivity (Wildman–Crippen MR) is 128 cm³/mol. The summed E-state index contributed by atoms with van der Waals surface area (Å²) in [6.07, 6.45) is 1.44. The zero-order chi connectivity index (χ0) is 26.0. The number of pyridine rings is 3. The molecule has 0 aliphatic carbocycles. The topological polar surface area (TPSA) is 95.0 Å². The minimum Gasteiger partial charge on any atom is -0.475 e. The quantitative estimate of drug-likeness (QED) is 0.312. The molecule has 2 N–H and O–H groups in total. The number of anilines is 1. The van der Waals surface area contributed by atoms with E-state index in [-0.39, 0.29) is 5.82 Å². The molecule has 7 nitrogen and oxygen atoms in total. The first kappa shape index (κ1) is 24.6. The van der Waals surface area contributed by atoms with Gasteiger partial charge in [-0.05, 0) is 35.9 Å². The normalized spacial score (nSPS) is 11.3. The van der Waals surface area contributed by atoms with Gasteiger partial charge in [0.15, 0.2) is 0 Å². The number of fused-ring (bicyclic) bond motifs is 3. The Morgan fingerprint density at radius 3 is 2.36 bits per heavy atom. The van der Waals surface area contributed by atoms with E-state index in [0.717, 1.165) is 38.8 Å². The third kappa shape index (κ3) is 4.95. The average molecular weight is 497 g/mol. The highest BCUT2D eigenvalue weighted by molar-refractivity contribution is 6.13. The monoisotopic (exact) mass is 497 g/mol. The van der Waals surface area contributed by atoms with Crippen LogP contribution in [-0.4, -0.2) is 51.3 Å². The number of aliphatic carboxylic acids is 1. The summed E-state index contributed by atoms with van der Waals surface area (Å²) in [4.78, 5) is 27.2. The zero-order valence-corrected chi connectivity index (χ0v) is 19.0. The minimum atomic E-state index is -5.08. The van der Waals surface area contributed by atoms with Crippen LogP contribution < -0.4 is 4.90 Å². The lowest BCUT2D eigenvalue weighted by Crippen LogP contribution is -2.21. The Bertz CT molecular complexity index is 1550. The highest BCUT2D eigenvalue weighted by atomic mass is 19.4. The second-order valence-electron chi connectivity index (χ2n) is 7.93. The Hall–Kier alpha value is -4.54. The second kappa shape index (κ2) is 9.61. The van der Waals surface area contributed by atoms with Crippen molar-refractivity contribution in [1.29, 1.82) is 0 Å². The SMILES string of the molecule is CN(C)c1cccc(-c2c(F)cnc3[nH]c4cnc(-c5cccnc5)cc4c23)c1.O=C(O)C(F)(F)F. The van der Waals surface area contributed by atoms with Gasteiger partial charge in [-0.25, -0.2) is 14.2 Å². The highest BCUT2D eigenvalue weighted by Crippen LogP contribution is 2.37. The first-order valence-electron chi connectivity index (χ1n) is 10.5. The molecule has 0 unspecified atom stereocenters. The van der Waals surface area contributed by atoms with Crippen molar-refractivity contribution in [2.75, 3.05) is 19.0 Å². The van der Waals surface area contributed by atoms with E-state index >= 15 is 4.39 Å². The van der Waals surface area contributed by atoms with E-state index in [2.05, 4.69) is 19.9 Å². The maximum atomic E-state index is 15.1. The third-order valence-corrected chi connectivity index (χ3v) is 5.31. The molecule has 0 aliphatic heterocycles. The predicted octanol–water partition coefficient (Wildman–Crippen LogP) is 5.68. The van der Waals surface area contributed by atoms with Gasteiger partial charge in [0.25, 0.3) is 0 Å². The van der Waals surface area contributed by atoms with Crippen molar-refractivity contribution in [1.82, 2.24) is 19.9 Å². The van der Waals surface area contributed by atoms with Gasteiger partial charge in [0.2, 0.25) is 0 Å². The number of nitrogens with one attached hydrogen (secondary N) is 1. The minimum absolute atomic E-state index is 0.353. The molecule has 11 heteroatoms. The van der Waals surface area contributed by atoms with Gasteiger partial charge in [-0.1, -0.05) is 12.1 Å². The first-order chi connectivity index (χ1) is 17.1. The molecule has 4 heterocycles. The molecule has 36 heavy (non-hydrogen) atoms. The van der Waals surface area contributed by atoms with Crippen molar-refractivity contribution < 1.29 is 27.5 Å². The van der Waals surface area contributed by atoms with Crippen LogP contribution in [0.3, 0.4) is 0 Å². The molecule has 0 saturated carbocycles. The number of H-pyrrole nitrogens is 1. The van der Waals surface area contributed by atoms with Gasteiger partial charge in [-0.2, -0.15) is 13.2 Å². The average Bonchev–Trinajstić information content (AvgIpc) is 3.22. The maximum absolute atomic E-state index is 15.1. The molecule has 1 aromatic carbocycles. The molecule has 0 bridgehead atoms. The van der Waals surface area contributed by atoms with Crippen LogP contribution in [0.1, 0.15) is 0 Å². The molecule has 0 radical (unpaired) electrons. The van der Waals surface area contributed by atoms with Gasteiger partial charge in [-0.3, -0.25) is 9.97 Å². The van der Waals surface area contributed by atoms with Gasteiger partial charge < -0.3 is 15.0 Å². The number of aromatic nitrogens is 4. The Kier molecular flexibility index (Phi) is 6.56. The Morgan fingerprint density at radius 2 is 1.72 bits per heavy atom. The van der Waals surface area contributed by atoms with Crippen molar-refractivity contribution in [3.05, 3.63) is 73.1 Å². The van der Waals surface area contributed by atoms with Crippen LogP contribution >= 0.6 is 0 Å². The number of alkyl halides is 3. The Labute approximate surface area is 202 Å². The largest absolute Gasteiger partial charge is 0.490 e. The molecule has 5 aromatic rings. The number of hydrogen-bond donors (Lipinski definition) is 2. The number of nitrogens with zero attached hydrogens (tertiary/aromatic N) is 4. The highest BCUT2D eigenvalue weighted by Gasteiger charge is 2.38. The van der Waals surface area contributed by atoms with E-state index in [4.69, 9.17) is 9.90 Å². The lowest BCUT2D eigenvalue weighted by molar-refractivity contribution is -0.192. The van der Waals surface area contributed by atoms with E-state index < -0.39 is 12.1 Å². The first-order valence-corrected chi connectivity index (χ1v) is 10.5. The molecule has 5 rings (SSSR count). The summed E-state index contributed by atoms with van der Waals surface area (Å²) in [5.74, 6) is -3.11. The van der Waals surface area contributed by atoms with Crippen molar-refractivity contribution in [3.63, 3.8) is 0 Å². The zero-order valence-electron chi connectivity index (χ0n) is 19.0. The molecule has 0 spiro atoms. The van der Waals surface area contributed by atoms with E-state index in [1.165, 1.54) is 6.20 Å². The lowest BCUT2D eigenvalue weighted by Gasteiger charge is -2.14. The number of hydrogen-bond acceptors (Lipinski definition) is 5. The lowest BCUT2D eigenvalue weighted by atomic mass is 10.00. The molecule has 0 aliphatic rings. The summed E-state index contributed by atoms with van der Waals surface area (Å²) in [6.45, 7) is 0. The Balaban J connectivity index is 0.000000384. The smallest absolute Gasteiger partial charge is 0.475 e. The van der Waals surface area contributed by atoms with Gasteiger partial charge in [0, 0.05) is 54.1 Å². The number of carbonyl (C=O) groups is 1. The maximum Gasteiger partial charge on any atom is 0.490 e. The molecular formula is C25H19F4N5O2. The summed E-state index contributed by atoms with van der Waals surface area (Å²) < 4.78 is 46.8. The van der Waals surface area contributed by atoms with Crippen LogP contribution in [0.2, 0.25) is 0 Å². The van der Waals surface area contributed by atoms with Crippen molar-refractivity contribution in [3.8, 4) is 22.4 Å². The number of carboxylic acid groups (broad SMARTS) is 1. The van der Waals surface area contributed by atoms with Crippen LogP contribution in [0, 0.1) is 5.82 Å². The van der Waals surface area contributed by atoms with Crippen molar-refractivity contribution in [2.24, 2.45) is 0 Å². The molecule has 0 atom stereocenters. The van der Waals surface area contributed by atoms with E-state index in [0.29, 0.717) is 11.2 Å². The van der Waals surface area contributed by atoms with E-state index in [9.17, 15) is 13.2 Å². The Morgan fingerprint density at radius 1 is 1.00 bits per heavy atom. The molecule has 4 aromatic heterocycles. The third-order valence-electron chi connectivity index (χ3n) is 5.31. The van der Waals surface area contributed by atoms with Gasteiger partial charge in [-0.15, -0.1) is 0 Å². The summed E-state index contributed by atoms with van der Waals surface area (Å²) in [6, 6.07) is 13.6. The molecule has 184 valence electrons. The molecular weight excluding hydrogens is 478 g/mol. The summed E-state index contributed by atoms with van der Waals surface area (Å²) >= 11 is 0. The molecule has 0 saturated heterocycles. The summed E-state index contributed by atoms with van der Waals surface area (Å²) in [5, 5.41) is 8.76. The van der Waals surface area contributed by atoms with Crippen LogP contribution in [0.5, 0.6) is 0 Å². The fraction of sp³-hybridized carbons (Fsp3) is 0.120. The summed E-state index contributed by atoms with van der Waals surface area (Å²) in [5.41, 5.74) is 5.49. The van der Waals surface area contributed by atoms with Crippen molar-refractivity contribution >= 4 is 33.6 Å². The van der Waals surface area contributed by atoms with E-state index in [1.54, 1.807) is 18.6 Å². The van der Waals surface area contributed by atoms with Crippen LogP contribution in [0.15, 0.2) is 67.3 Å². The fourth-order valence-corrected chi connectivity index (χ4v) is 3.63. The van der Waals surface area contributed by atoms with Crippen LogP contribution in [0.4, 0.5) is 23.2 Å². The van der Waals surface area contributed by atoms with Gasteiger partial charge in [0.1, 0.15) is 11.5 Å². The van der Waals surface area contributed by atoms with E-state index in [1.807, 2.05) is 61.5 Å². The van der Waals surface area contributed by atoms with Crippen LogP contribution in [-0.2, 0) is 4.79 Å². The molecule has 0 fully saturated rings. The number of benzene rings is 1. The fourth-order valence-electron chi connectivity index (χ4n) is 3.63. The number of halogens is 4. The van der Waals surface area contributed by atoms with Crippen molar-refractivity contribution in [2.45, 2.75) is 6.18 Å². The number of carboxylic acids is 1. The standard InChI is InChI=1S/C23H18FN5.C2HF3O2/c1-29(2)16-7-3-5-14(9-16)21-18(24)12-27-23-22(21)17-10-19(26-13-20(17)28-23)15-6-4-8-25-11-15;3-2(4,5)1(6)7/h3-13H,1-2H3,(H,27,28);(H,6,7).